The first-order chi connectivity index (χ1) is 8.61. The SMILES string of the molecule is COC1CNCC1NC(=O)c1ccc(C)c(Cl)c1. The third-order valence-corrected chi connectivity index (χ3v) is 3.62. The lowest BCUT2D eigenvalue weighted by atomic mass is 10.1. The number of rotatable bonds is 3. The van der Waals surface area contributed by atoms with Crippen molar-refractivity contribution >= 4 is 17.5 Å². The molecule has 1 aromatic carbocycles. The molecule has 0 bridgehead atoms. The van der Waals surface area contributed by atoms with Crippen LogP contribution in [0.2, 0.25) is 5.02 Å². The molecule has 1 saturated heterocycles. The van der Waals surface area contributed by atoms with Gasteiger partial charge in [0.1, 0.15) is 0 Å². The number of amides is 1. The number of halogens is 1. The standard InChI is InChI=1S/C13H17ClN2O2/c1-8-3-4-9(5-10(8)14)13(17)16-11-6-15-7-12(11)18-2/h3-5,11-12,15H,6-7H2,1-2H3,(H,16,17). The lowest BCUT2D eigenvalue weighted by Gasteiger charge is -2.18. The number of ether oxygens (including phenoxy) is 1. The van der Waals surface area contributed by atoms with Crippen molar-refractivity contribution in [1.82, 2.24) is 10.6 Å². The second-order valence-corrected chi connectivity index (χ2v) is 4.88. The van der Waals surface area contributed by atoms with Gasteiger partial charge in [0.25, 0.3) is 5.91 Å². The van der Waals surface area contributed by atoms with E-state index in [1.165, 1.54) is 0 Å². The summed E-state index contributed by atoms with van der Waals surface area (Å²) in [6.07, 6.45) is 0.0230. The van der Waals surface area contributed by atoms with Crippen molar-refractivity contribution in [2.75, 3.05) is 20.2 Å². The minimum absolute atomic E-state index is 0.00239. The molecule has 0 saturated carbocycles. The molecule has 1 aliphatic heterocycles. The highest BCUT2D eigenvalue weighted by atomic mass is 35.5. The Morgan fingerprint density at radius 2 is 2.28 bits per heavy atom. The minimum atomic E-state index is -0.118. The van der Waals surface area contributed by atoms with Gasteiger partial charge in [-0.25, -0.2) is 0 Å². The van der Waals surface area contributed by atoms with Crippen LogP contribution in [0.25, 0.3) is 0 Å². The molecule has 0 radical (unpaired) electrons. The molecule has 4 nitrogen and oxygen atoms in total. The first kappa shape index (κ1) is 13.3. The van der Waals surface area contributed by atoms with E-state index in [4.69, 9.17) is 16.3 Å². The molecule has 2 atom stereocenters. The van der Waals surface area contributed by atoms with Crippen LogP contribution in [0.4, 0.5) is 0 Å². The summed E-state index contributed by atoms with van der Waals surface area (Å²) in [5, 5.41) is 6.75. The van der Waals surface area contributed by atoms with Gasteiger partial charge in [0.15, 0.2) is 0 Å². The van der Waals surface area contributed by atoms with Crippen molar-refractivity contribution < 1.29 is 9.53 Å². The van der Waals surface area contributed by atoms with Crippen LogP contribution >= 0.6 is 11.6 Å². The number of hydrogen-bond acceptors (Lipinski definition) is 3. The number of hydrogen-bond donors (Lipinski definition) is 2. The number of nitrogens with one attached hydrogen (secondary N) is 2. The van der Waals surface area contributed by atoms with E-state index in [0.717, 1.165) is 18.7 Å². The van der Waals surface area contributed by atoms with E-state index in [1.807, 2.05) is 13.0 Å². The third kappa shape index (κ3) is 2.83. The summed E-state index contributed by atoms with van der Waals surface area (Å²) >= 11 is 6.01. The van der Waals surface area contributed by atoms with Crippen LogP contribution in [0.15, 0.2) is 18.2 Å². The van der Waals surface area contributed by atoms with Crippen LogP contribution in [0.1, 0.15) is 15.9 Å². The van der Waals surface area contributed by atoms with Gasteiger partial charge in [0.05, 0.1) is 12.1 Å². The molecule has 98 valence electrons. The topological polar surface area (TPSA) is 50.4 Å². The molecule has 1 aliphatic rings. The van der Waals surface area contributed by atoms with Crippen molar-refractivity contribution in [1.29, 1.82) is 0 Å². The molecule has 5 heteroatoms. The Bertz CT molecular complexity index is 451. The molecule has 0 aliphatic carbocycles. The zero-order valence-corrected chi connectivity index (χ0v) is 11.3. The van der Waals surface area contributed by atoms with Crippen molar-refractivity contribution in [2.24, 2.45) is 0 Å². The highest BCUT2D eigenvalue weighted by molar-refractivity contribution is 6.31. The summed E-state index contributed by atoms with van der Waals surface area (Å²) in [5.41, 5.74) is 1.54. The van der Waals surface area contributed by atoms with Gasteiger partial charge >= 0.3 is 0 Å². The normalized spacial score (nSPS) is 23.1. The molecule has 1 aromatic rings. The molecule has 1 amide bonds. The molecule has 18 heavy (non-hydrogen) atoms. The molecule has 2 unspecified atom stereocenters. The Hall–Kier alpha value is -1.10. The summed E-state index contributed by atoms with van der Waals surface area (Å²) in [6, 6.07) is 5.32. The summed E-state index contributed by atoms with van der Waals surface area (Å²) < 4.78 is 5.30. The van der Waals surface area contributed by atoms with E-state index in [1.54, 1.807) is 19.2 Å². The van der Waals surface area contributed by atoms with Gasteiger partial charge in [0.2, 0.25) is 0 Å². The van der Waals surface area contributed by atoms with Gasteiger partial charge in [-0.3, -0.25) is 4.79 Å². The second-order valence-electron chi connectivity index (χ2n) is 4.48. The maximum Gasteiger partial charge on any atom is 0.251 e. The smallest absolute Gasteiger partial charge is 0.251 e. The number of carbonyl (C=O) groups is 1. The predicted octanol–water partition coefficient (Wildman–Crippen LogP) is 1.37. The summed E-state index contributed by atoms with van der Waals surface area (Å²) in [6.45, 7) is 3.39. The molecule has 2 N–H and O–H groups in total. The molecular formula is C13H17ClN2O2. The predicted molar refractivity (Wildman–Crippen MR) is 71.1 cm³/mol. The Morgan fingerprint density at radius 3 is 2.94 bits per heavy atom. The van der Waals surface area contributed by atoms with E-state index in [0.29, 0.717) is 10.6 Å². The van der Waals surface area contributed by atoms with Gasteiger partial charge in [-0.2, -0.15) is 0 Å². The van der Waals surface area contributed by atoms with E-state index in [9.17, 15) is 4.79 Å². The average Bonchev–Trinajstić information content (AvgIpc) is 2.79. The Labute approximate surface area is 112 Å². The van der Waals surface area contributed by atoms with Crippen molar-refractivity contribution in [3.05, 3.63) is 34.3 Å². The highest BCUT2D eigenvalue weighted by Gasteiger charge is 2.28. The van der Waals surface area contributed by atoms with Gasteiger partial charge in [-0.15, -0.1) is 0 Å². The molecular weight excluding hydrogens is 252 g/mol. The van der Waals surface area contributed by atoms with Crippen LogP contribution in [-0.4, -0.2) is 38.3 Å². The van der Waals surface area contributed by atoms with Crippen molar-refractivity contribution in [3.8, 4) is 0 Å². The van der Waals surface area contributed by atoms with Crippen LogP contribution < -0.4 is 10.6 Å². The lowest BCUT2D eigenvalue weighted by Crippen LogP contribution is -2.43. The van der Waals surface area contributed by atoms with Gasteiger partial charge < -0.3 is 15.4 Å². The van der Waals surface area contributed by atoms with E-state index in [2.05, 4.69) is 10.6 Å². The fraction of sp³-hybridized carbons (Fsp3) is 0.462. The molecule has 1 fully saturated rings. The minimum Gasteiger partial charge on any atom is -0.378 e. The fourth-order valence-electron chi connectivity index (χ4n) is 2.03. The second kappa shape index (κ2) is 5.69. The quantitative estimate of drug-likeness (QED) is 0.871. The number of methoxy groups -OCH3 is 1. The van der Waals surface area contributed by atoms with Crippen molar-refractivity contribution in [3.63, 3.8) is 0 Å². The number of benzene rings is 1. The first-order valence-electron chi connectivity index (χ1n) is 5.92. The van der Waals surface area contributed by atoms with Gasteiger partial charge in [0, 0.05) is 30.8 Å². The maximum atomic E-state index is 12.1. The largest absolute Gasteiger partial charge is 0.378 e. The first-order valence-corrected chi connectivity index (χ1v) is 6.30. The van der Waals surface area contributed by atoms with Crippen LogP contribution in [0.3, 0.4) is 0 Å². The molecule has 0 spiro atoms. The van der Waals surface area contributed by atoms with Gasteiger partial charge in [-0.05, 0) is 24.6 Å². The summed E-state index contributed by atoms with van der Waals surface area (Å²) in [7, 11) is 1.65. The zero-order valence-electron chi connectivity index (χ0n) is 10.5. The maximum absolute atomic E-state index is 12.1. The highest BCUT2D eigenvalue weighted by Crippen LogP contribution is 2.17. The molecule has 2 rings (SSSR count). The van der Waals surface area contributed by atoms with E-state index < -0.39 is 0 Å². The number of carbonyl (C=O) groups excluding carboxylic acids is 1. The Balaban J connectivity index is 2.05. The zero-order chi connectivity index (χ0) is 13.1. The van der Waals surface area contributed by atoms with Gasteiger partial charge in [-0.1, -0.05) is 17.7 Å². The molecule has 1 heterocycles. The lowest BCUT2D eigenvalue weighted by molar-refractivity contribution is 0.0780. The monoisotopic (exact) mass is 268 g/mol. The fourth-order valence-corrected chi connectivity index (χ4v) is 2.21. The third-order valence-electron chi connectivity index (χ3n) is 3.21. The summed E-state index contributed by atoms with van der Waals surface area (Å²) in [5.74, 6) is -0.118. The van der Waals surface area contributed by atoms with Crippen LogP contribution in [-0.2, 0) is 4.74 Å². The molecule has 0 aromatic heterocycles. The average molecular weight is 269 g/mol. The Kier molecular flexibility index (Phi) is 4.22. The van der Waals surface area contributed by atoms with Crippen LogP contribution in [0.5, 0.6) is 0 Å². The van der Waals surface area contributed by atoms with E-state index in [-0.39, 0.29) is 18.1 Å². The van der Waals surface area contributed by atoms with Crippen LogP contribution in [0, 0.1) is 6.92 Å². The van der Waals surface area contributed by atoms with E-state index >= 15 is 0 Å². The van der Waals surface area contributed by atoms with Crippen molar-refractivity contribution in [2.45, 2.75) is 19.1 Å². The Morgan fingerprint density at radius 1 is 1.50 bits per heavy atom. The summed E-state index contributed by atoms with van der Waals surface area (Å²) in [4.78, 5) is 12.1. The number of aryl methyl sites for hydroxylation is 1.